The fourth-order valence-corrected chi connectivity index (χ4v) is 5.18. The van der Waals surface area contributed by atoms with E-state index in [9.17, 15) is 26.4 Å². The van der Waals surface area contributed by atoms with Gasteiger partial charge in [0, 0.05) is 44.6 Å². The number of aryl methyl sites for hydroxylation is 3. The second-order valence-electron chi connectivity index (χ2n) is 7.45. The van der Waals surface area contributed by atoms with Crippen LogP contribution in [0.3, 0.4) is 0 Å². The molecule has 0 radical (unpaired) electrons. The van der Waals surface area contributed by atoms with Crippen molar-refractivity contribution in [1.82, 2.24) is 28.8 Å². The van der Waals surface area contributed by atoms with E-state index in [0.717, 1.165) is 10.7 Å². The summed E-state index contributed by atoms with van der Waals surface area (Å²) in [5, 5.41) is 7.71. The van der Waals surface area contributed by atoms with Crippen molar-refractivity contribution in [1.29, 1.82) is 0 Å². The third kappa shape index (κ3) is 4.47. The van der Waals surface area contributed by atoms with E-state index in [-0.39, 0.29) is 36.8 Å². The summed E-state index contributed by atoms with van der Waals surface area (Å²) in [6.07, 6.45) is -3.11. The topological polar surface area (TPSA) is 93.3 Å². The molecule has 1 atom stereocenters. The number of carbonyl (C=O) groups is 1. The minimum Gasteiger partial charge on any atom is -0.338 e. The molecule has 1 aliphatic heterocycles. The lowest BCUT2D eigenvalue weighted by Gasteiger charge is -2.35. The highest BCUT2D eigenvalue weighted by atomic mass is 32.2. The summed E-state index contributed by atoms with van der Waals surface area (Å²) >= 11 is 0. The normalized spacial score (nSPS) is 17.2. The molecule has 3 heterocycles. The van der Waals surface area contributed by atoms with E-state index in [2.05, 4.69) is 10.2 Å². The number of alkyl halides is 3. The van der Waals surface area contributed by atoms with Crippen LogP contribution in [0.1, 0.15) is 37.0 Å². The summed E-state index contributed by atoms with van der Waals surface area (Å²) in [6, 6.07) is -0.0445. The molecule has 1 saturated heterocycles. The van der Waals surface area contributed by atoms with Crippen LogP contribution in [0.4, 0.5) is 13.2 Å². The molecular weight excluding hydrogens is 437 g/mol. The quantitative estimate of drug-likeness (QED) is 0.676. The van der Waals surface area contributed by atoms with E-state index in [1.54, 1.807) is 11.6 Å². The molecule has 0 N–H and O–H groups in total. The molecule has 0 saturated carbocycles. The van der Waals surface area contributed by atoms with Crippen LogP contribution in [0, 0.1) is 13.8 Å². The number of halogens is 3. The molecule has 0 aliphatic carbocycles. The van der Waals surface area contributed by atoms with Gasteiger partial charge >= 0.3 is 6.18 Å². The van der Waals surface area contributed by atoms with E-state index in [0.29, 0.717) is 12.2 Å². The number of sulfonamides is 1. The van der Waals surface area contributed by atoms with Crippen LogP contribution < -0.4 is 0 Å². The minimum atomic E-state index is -4.59. The van der Waals surface area contributed by atoms with Crippen LogP contribution in [0.25, 0.3) is 0 Å². The lowest BCUT2D eigenvalue weighted by Crippen LogP contribution is -2.52. The van der Waals surface area contributed by atoms with Gasteiger partial charge in [0.15, 0.2) is 5.69 Å². The molecule has 0 spiro atoms. The molecule has 31 heavy (non-hydrogen) atoms. The van der Waals surface area contributed by atoms with Gasteiger partial charge in [0.05, 0.1) is 5.69 Å². The van der Waals surface area contributed by atoms with Gasteiger partial charge in [-0.05, 0) is 33.8 Å². The van der Waals surface area contributed by atoms with E-state index in [4.69, 9.17) is 0 Å². The Morgan fingerprint density at radius 2 is 1.77 bits per heavy atom. The zero-order valence-corrected chi connectivity index (χ0v) is 18.5. The fourth-order valence-electron chi connectivity index (χ4n) is 3.59. The molecule has 0 bridgehead atoms. The third-order valence-electron chi connectivity index (χ3n) is 5.33. The maximum Gasteiger partial charge on any atom is 0.435 e. The van der Waals surface area contributed by atoms with Gasteiger partial charge in [-0.15, -0.1) is 0 Å². The molecule has 1 unspecified atom stereocenters. The Morgan fingerprint density at radius 3 is 2.26 bits per heavy atom. The van der Waals surface area contributed by atoms with Crippen molar-refractivity contribution in [3.8, 4) is 0 Å². The SMILES string of the molecule is CCn1cc(S(=O)(=O)N2CCN(C(=O)C(C)n3nc(C(F)(F)F)cc3C)CC2)c(C)n1. The van der Waals surface area contributed by atoms with Crippen molar-refractivity contribution < 1.29 is 26.4 Å². The Balaban J connectivity index is 1.70. The summed E-state index contributed by atoms with van der Waals surface area (Å²) in [5.41, 5.74) is -0.426. The average molecular weight is 462 g/mol. The van der Waals surface area contributed by atoms with Crippen LogP contribution >= 0.6 is 0 Å². The Hall–Kier alpha value is -2.41. The average Bonchev–Trinajstić information content (AvgIpc) is 3.29. The number of rotatable bonds is 5. The number of piperazine rings is 1. The van der Waals surface area contributed by atoms with E-state index >= 15 is 0 Å². The van der Waals surface area contributed by atoms with Crippen molar-refractivity contribution in [2.24, 2.45) is 0 Å². The highest BCUT2D eigenvalue weighted by Gasteiger charge is 2.37. The molecule has 2 aromatic heterocycles. The Bertz CT molecular complexity index is 1070. The van der Waals surface area contributed by atoms with Crippen LogP contribution in [0.2, 0.25) is 0 Å². The Kier molecular flexibility index (Phi) is 6.20. The van der Waals surface area contributed by atoms with Crippen LogP contribution in [0.5, 0.6) is 0 Å². The van der Waals surface area contributed by atoms with E-state index in [1.165, 1.54) is 29.2 Å². The minimum absolute atomic E-state index is 0.0867. The maximum absolute atomic E-state index is 13.0. The lowest BCUT2D eigenvalue weighted by atomic mass is 10.2. The molecule has 1 amide bonds. The van der Waals surface area contributed by atoms with Crippen molar-refractivity contribution in [2.45, 2.75) is 51.4 Å². The standard InChI is InChI=1S/C18H25F3N6O3S/c1-5-25-11-15(13(3)22-25)31(29,30)26-8-6-24(7-9-26)17(28)14(4)27-12(2)10-16(23-27)18(19,20)21/h10-11,14H,5-9H2,1-4H3. The lowest BCUT2D eigenvalue weighted by molar-refractivity contribution is -0.142. The molecule has 3 rings (SSSR count). The van der Waals surface area contributed by atoms with Crippen molar-refractivity contribution in [2.75, 3.05) is 26.2 Å². The molecule has 172 valence electrons. The number of carbonyl (C=O) groups excluding carboxylic acids is 1. The van der Waals surface area contributed by atoms with Crippen LogP contribution in [-0.2, 0) is 27.5 Å². The first-order valence-electron chi connectivity index (χ1n) is 9.82. The zero-order valence-electron chi connectivity index (χ0n) is 17.7. The molecule has 0 aromatic carbocycles. The van der Waals surface area contributed by atoms with Gasteiger partial charge in [-0.2, -0.15) is 27.7 Å². The summed E-state index contributed by atoms with van der Waals surface area (Å²) in [6.45, 7) is 7.40. The van der Waals surface area contributed by atoms with Gasteiger partial charge in [-0.25, -0.2) is 8.42 Å². The Labute approximate surface area is 178 Å². The molecule has 13 heteroatoms. The summed E-state index contributed by atoms with van der Waals surface area (Å²) in [5.74, 6) is -0.410. The number of hydrogen-bond acceptors (Lipinski definition) is 5. The van der Waals surface area contributed by atoms with Gasteiger partial charge in [0.2, 0.25) is 15.9 Å². The van der Waals surface area contributed by atoms with Crippen LogP contribution in [0.15, 0.2) is 17.2 Å². The Morgan fingerprint density at radius 1 is 1.16 bits per heavy atom. The highest BCUT2D eigenvalue weighted by Crippen LogP contribution is 2.29. The summed E-state index contributed by atoms with van der Waals surface area (Å²) in [7, 11) is -3.75. The number of aromatic nitrogens is 4. The van der Waals surface area contributed by atoms with Gasteiger partial charge in [-0.3, -0.25) is 14.2 Å². The number of nitrogens with zero attached hydrogens (tertiary/aromatic N) is 6. The zero-order chi connectivity index (χ0) is 23.1. The molecular formula is C18H25F3N6O3S. The summed E-state index contributed by atoms with van der Waals surface area (Å²) < 4.78 is 68.5. The third-order valence-corrected chi connectivity index (χ3v) is 7.33. The maximum atomic E-state index is 13.0. The predicted molar refractivity (Wildman–Crippen MR) is 105 cm³/mol. The van der Waals surface area contributed by atoms with E-state index in [1.807, 2.05) is 6.92 Å². The van der Waals surface area contributed by atoms with Crippen molar-refractivity contribution in [3.63, 3.8) is 0 Å². The molecule has 1 aliphatic rings. The predicted octanol–water partition coefficient (Wildman–Crippen LogP) is 1.83. The second kappa shape index (κ2) is 8.26. The second-order valence-corrected chi connectivity index (χ2v) is 9.36. The number of hydrogen-bond donors (Lipinski definition) is 0. The molecule has 1 fully saturated rings. The van der Waals surface area contributed by atoms with Crippen molar-refractivity contribution >= 4 is 15.9 Å². The molecule has 2 aromatic rings. The first-order valence-corrected chi connectivity index (χ1v) is 11.3. The number of amides is 1. The first-order chi connectivity index (χ1) is 14.4. The molecule has 9 nitrogen and oxygen atoms in total. The van der Waals surface area contributed by atoms with Gasteiger partial charge in [0.25, 0.3) is 0 Å². The largest absolute Gasteiger partial charge is 0.435 e. The monoisotopic (exact) mass is 462 g/mol. The fraction of sp³-hybridized carbons (Fsp3) is 0.611. The van der Waals surface area contributed by atoms with E-state index < -0.39 is 33.8 Å². The van der Waals surface area contributed by atoms with Gasteiger partial charge in [0.1, 0.15) is 10.9 Å². The summed E-state index contributed by atoms with van der Waals surface area (Å²) in [4.78, 5) is 14.4. The van der Waals surface area contributed by atoms with Gasteiger partial charge < -0.3 is 4.90 Å². The first kappa shape index (κ1) is 23.3. The smallest absolute Gasteiger partial charge is 0.338 e. The van der Waals surface area contributed by atoms with Crippen LogP contribution in [-0.4, -0.2) is 69.3 Å². The van der Waals surface area contributed by atoms with Gasteiger partial charge in [-0.1, -0.05) is 0 Å². The highest BCUT2D eigenvalue weighted by molar-refractivity contribution is 7.89. The van der Waals surface area contributed by atoms with Crippen molar-refractivity contribution in [3.05, 3.63) is 29.3 Å².